The van der Waals surface area contributed by atoms with Crippen LogP contribution >= 0.6 is 0 Å². The minimum absolute atomic E-state index is 0.210. The van der Waals surface area contributed by atoms with Crippen molar-refractivity contribution >= 4 is 5.91 Å². The van der Waals surface area contributed by atoms with Crippen LogP contribution in [0.5, 0.6) is 0 Å². The molecular formula is C11H22N2O. The molecule has 1 fully saturated rings. The highest BCUT2D eigenvalue weighted by atomic mass is 16.1. The van der Waals surface area contributed by atoms with E-state index in [4.69, 9.17) is 0 Å². The summed E-state index contributed by atoms with van der Waals surface area (Å²) in [6.07, 6.45) is 5.30. The summed E-state index contributed by atoms with van der Waals surface area (Å²) in [6, 6.07) is 0. The van der Waals surface area contributed by atoms with E-state index in [1.54, 1.807) is 0 Å². The molecule has 1 aliphatic rings. The van der Waals surface area contributed by atoms with Gasteiger partial charge in [-0.3, -0.25) is 4.79 Å². The lowest BCUT2D eigenvalue weighted by Crippen LogP contribution is -2.31. The lowest BCUT2D eigenvalue weighted by molar-refractivity contribution is -0.121. The minimum atomic E-state index is 0.210. The van der Waals surface area contributed by atoms with Gasteiger partial charge in [-0.1, -0.05) is 6.92 Å². The molecule has 2 N–H and O–H groups in total. The topological polar surface area (TPSA) is 41.1 Å². The standard InChI is InChI=1S/C11H22N2O/c1-2-3-11(14)13-9-6-10-4-7-12-8-5-10/h10,12H,2-9H2,1H3,(H,13,14). The number of carbonyl (C=O) groups excluding carboxylic acids is 1. The number of nitrogens with one attached hydrogen (secondary N) is 2. The Balaban J connectivity index is 1.99. The molecule has 0 saturated carbocycles. The van der Waals surface area contributed by atoms with Crippen LogP contribution < -0.4 is 10.6 Å². The van der Waals surface area contributed by atoms with E-state index >= 15 is 0 Å². The lowest BCUT2D eigenvalue weighted by Gasteiger charge is -2.22. The maximum absolute atomic E-state index is 11.2. The molecule has 1 saturated heterocycles. The summed E-state index contributed by atoms with van der Waals surface area (Å²) in [4.78, 5) is 11.2. The monoisotopic (exact) mass is 198 g/mol. The number of carbonyl (C=O) groups is 1. The van der Waals surface area contributed by atoms with Crippen molar-refractivity contribution in [1.82, 2.24) is 10.6 Å². The predicted molar refractivity (Wildman–Crippen MR) is 58.1 cm³/mol. The third-order valence-electron chi connectivity index (χ3n) is 2.81. The summed E-state index contributed by atoms with van der Waals surface area (Å²) in [6.45, 7) is 5.19. The Hall–Kier alpha value is -0.570. The molecule has 0 radical (unpaired) electrons. The Morgan fingerprint density at radius 3 is 2.79 bits per heavy atom. The van der Waals surface area contributed by atoms with Crippen LogP contribution in [0.25, 0.3) is 0 Å². The van der Waals surface area contributed by atoms with E-state index in [9.17, 15) is 4.79 Å². The van der Waals surface area contributed by atoms with Crippen molar-refractivity contribution in [3.8, 4) is 0 Å². The summed E-state index contributed by atoms with van der Waals surface area (Å²) in [5, 5.41) is 6.32. The number of rotatable bonds is 5. The Bertz CT molecular complexity index is 165. The van der Waals surface area contributed by atoms with Gasteiger partial charge in [0.2, 0.25) is 5.91 Å². The first-order chi connectivity index (χ1) is 6.83. The average Bonchev–Trinajstić information content (AvgIpc) is 2.20. The lowest BCUT2D eigenvalue weighted by atomic mass is 9.95. The molecule has 0 aromatic carbocycles. The van der Waals surface area contributed by atoms with Crippen LogP contribution in [0.1, 0.15) is 39.0 Å². The Labute approximate surface area is 86.6 Å². The fourth-order valence-electron chi connectivity index (χ4n) is 1.90. The Morgan fingerprint density at radius 2 is 2.14 bits per heavy atom. The van der Waals surface area contributed by atoms with Gasteiger partial charge in [0.15, 0.2) is 0 Å². The molecule has 1 rings (SSSR count). The van der Waals surface area contributed by atoms with E-state index in [-0.39, 0.29) is 5.91 Å². The first kappa shape index (κ1) is 11.5. The zero-order chi connectivity index (χ0) is 10.2. The van der Waals surface area contributed by atoms with Crippen molar-refractivity contribution < 1.29 is 4.79 Å². The van der Waals surface area contributed by atoms with Gasteiger partial charge >= 0.3 is 0 Å². The molecule has 1 aliphatic heterocycles. The summed E-state index contributed by atoms with van der Waals surface area (Å²) >= 11 is 0. The van der Waals surface area contributed by atoms with Gasteiger partial charge < -0.3 is 10.6 Å². The number of hydrogen-bond acceptors (Lipinski definition) is 2. The zero-order valence-corrected chi connectivity index (χ0v) is 9.14. The van der Waals surface area contributed by atoms with Crippen LogP contribution in [0.3, 0.4) is 0 Å². The number of piperidine rings is 1. The molecule has 3 nitrogen and oxygen atoms in total. The maximum Gasteiger partial charge on any atom is 0.219 e. The van der Waals surface area contributed by atoms with Gasteiger partial charge in [0.05, 0.1) is 0 Å². The summed E-state index contributed by atoms with van der Waals surface area (Å²) in [5.74, 6) is 1.03. The second-order valence-electron chi connectivity index (χ2n) is 4.08. The molecule has 0 bridgehead atoms. The largest absolute Gasteiger partial charge is 0.356 e. The average molecular weight is 198 g/mol. The summed E-state index contributed by atoms with van der Waals surface area (Å²) in [7, 11) is 0. The molecule has 1 heterocycles. The minimum Gasteiger partial charge on any atom is -0.356 e. The quantitative estimate of drug-likeness (QED) is 0.699. The molecule has 3 heteroatoms. The maximum atomic E-state index is 11.2. The van der Waals surface area contributed by atoms with Crippen molar-refractivity contribution in [2.24, 2.45) is 5.92 Å². The summed E-state index contributed by atoms with van der Waals surface area (Å²) in [5.41, 5.74) is 0. The number of hydrogen-bond donors (Lipinski definition) is 2. The first-order valence-corrected chi connectivity index (χ1v) is 5.80. The fourth-order valence-corrected chi connectivity index (χ4v) is 1.90. The van der Waals surface area contributed by atoms with E-state index in [0.29, 0.717) is 6.42 Å². The van der Waals surface area contributed by atoms with Crippen molar-refractivity contribution in [3.05, 3.63) is 0 Å². The van der Waals surface area contributed by atoms with Crippen LogP contribution in [0, 0.1) is 5.92 Å². The van der Waals surface area contributed by atoms with E-state index in [0.717, 1.165) is 38.4 Å². The van der Waals surface area contributed by atoms with Gasteiger partial charge in [-0.2, -0.15) is 0 Å². The van der Waals surface area contributed by atoms with Crippen LogP contribution in [-0.4, -0.2) is 25.5 Å². The highest BCUT2D eigenvalue weighted by molar-refractivity contribution is 5.75. The molecule has 82 valence electrons. The van der Waals surface area contributed by atoms with Gasteiger partial charge in [-0.15, -0.1) is 0 Å². The molecule has 0 unspecified atom stereocenters. The molecule has 0 atom stereocenters. The van der Waals surface area contributed by atoms with E-state index < -0.39 is 0 Å². The number of amides is 1. The molecule has 0 aromatic heterocycles. The Kier molecular flexibility index (Phi) is 5.60. The smallest absolute Gasteiger partial charge is 0.219 e. The SMILES string of the molecule is CCCC(=O)NCCC1CCNCC1. The molecule has 14 heavy (non-hydrogen) atoms. The second kappa shape index (κ2) is 6.82. The van der Waals surface area contributed by atoms with Crippen LogP contribution in [0.15, 0.2) is 0 Å². The van der Waals surface area contributed by atoms with Gasteiger partial charge in [0.25, 0.3) is 0 Å². The van der Waals surface area contributed by atoms with Gasteiger partial charge in [0.1, 0.15) is 0 Å². The molecular weight excluding hydrogens is 176 g/mol. The molecule has 1 amide bonds. The Morgan fingerprint density at radius 1 is 1.43 bits per heavy atom. The van der Waals surface area contributed by atoms with Crippen molar-refractivity contribution in [3.63, 3.8) is 0 Å². The first-order valence-electron chi connectivity index (χ1n) is 5.80. The van der Waals surface area contributed by atoms with Crippen LogP contribution in [0.4, 0.5) is 0 Å². The molecule has 0 aliphatic carbocycles. The van der Waals surface area contributed by atoms with E-state index in [1.807, 2.05) is 6.92 Å². The third kappa shape index (κ3) is 4.61. The van der Waals surface area contributed by atoms with Crippen molar-refractivity contribution in [2.45, 2.75) is 39.0 Å². The summed E-state index contributed by atoms with van der Waals surface area (Å²) < 4.78 is 0. The van der Waals surface area contributed by atoms with Gasteiger partial charge in [-0.25, -0.2) is 0 Å². The van der Waals surface area contributed by atoms with Gasteiger partial charge in [0, 0.05) is 13.0 Å². The van der Waals surface area contributed by atoms with Crippen LogP contribution in [0.2, 0.25) is 0 Å². The normalized spacial score (nSPS) is 18.1. The fraction of sp³-hybridized carbons (Fsp3) is 0.909. The van der Waals surface area contributed by atoms with Gasteiger partial charge in [-0.05, 0) is 44.7 Å². The highest BCUT2D eigenvalue weighted by Gasteiger charge is 2.12. The zero-order valence-electron chi connectivity index (χ0n) is 9.14. The van der Waals surface area contributed by atoms with Crippen molar-refractivity contribution in [1.29, 1.82) is 0 Å². The second-order valence-corrected chi connectivity index (χ2v) is 4.08. The molecule has 0 spiro atoms. The third-order valence-corrected chi connectivity index (χ3v) is 2.81. The van der Waals surface area contributed by atoms with Crippen LogP contribution in [-0.2, 0) is 4.79 Å². The predicted octanol–water partition coefficient (Wildman–Crippen LogP) is 1.29. The van der Waals surface area contributed by atoms with E-state index in [1.165, 1.54) is 12.8 Å². The van der Waals surface area contributed by atoms with E-state index in [2.05, 4.69) is 10.6 Å². The molecule has 0 aromatic rings. The van der Waals surface area contributed by atoms with Crippen molar-refractivity contribution in [2.75, 3.05) is 19.6 Å². The highest BCUT2D eigenvalue weighted by Crippen LogP contribution is 2.14.